The lowest BCUT2D eigenvalue weighted by atomic mass is 10.4. The number of pyridine rings is 1. The van der Waals surface area contributed by atoms with E-state index < -0.39 is 16.4 Å². The van der Waals surface area contributed by atoms with E-state index in [0.717, 1.165) is 6.07 Å². The van der Waals surface area contributed by atoms with Crippen molar-refractivity contribution in [1.82, 2.24) is 4.98 Å². The summed E-state index contributed by atoms with van der Waals surface area (Å²) in [5.41, 5.74) is 4.43. The molecule has 0 aliphatic rings. The van der Waals surface area contributed by atoms with E-state index in [1.165, 1.54) is 0 Å². The summed E-state index contributed by atoms with van der Waals surface area (Å²) in [4.78, 5) is 12.5. The van der Waals surface area contributed by atoms with Crippen LogP contribution in [0.25, 0.3) is 0 Å². The van der Waals surface area contributed by atoms with Crippen LogP contribution in [0.4, 0.5) is 15.9 Å². The number of nitrogens with two attached hydrogens (primary N) is 1. The fourth-order valence-electron chi connectivity index (χ4n) is 0.584. The molecule has 1 rings (SSSR count). The summed E-state index contributed by atoms with van der Waals surface area (Å²) in [7, 11) is 0. The summed E-state index contributed by atoms with van der Waals surface area (Å²) >= 11 is 0. The van der Waals surface area contributed by atoms with Crippen molar-refractivity contribution < 1.29 is 9.31 Å². The van der Waals surface area contributed by atoms with Crippen molar-refractivity contribution in [3.63, 3.8) is 0 Å². The van der Waals surface area contributed by atoms with Gasteiger partial charge < -0.3 is 5.73 Å². The molecule has 0 spiro atoms. The Hall–Kier alpha value is -1.72. The fourth-order valence-corrected chi connectivity index (χ4v) is 0.584. The highest BCUT2D eigenvalue weighted by Crippen LogP contribution is 2.16. The number of nitro groups is 1. The van der Waals surface area contributed by atoms with Gasteiger partial charge in [-0.15, -0.1) is 0 Å². The Morgan fingerprint density at radius 3 is 2.82 bits per heavy atom. The SMILES string of the molecule is Nc1cc([N+](=O)[O-])c(F)cn1. The van der Waals surface area contributed by atoms with Crippen LogP contribution in [0, 0.1) is 15.9 Å². The maximum absolute atomic E-state index is 12.5. The maximum Gasteiger partial charge on any atom is 0.310 e. The molecular weight excluding hydrogens is 153 g/mol. The smallest absolute Gasteiger partial charge is 0.310 e. The van der Waals surface area contributed by atoms with E-state index in [2.05, 4.69) is 4.98 Å². The van der Waals surface area contributed by atoms with Gasteiger partial charge in [-0.25, -0.2) is 4.98 Å². The first kappa shape index (κ1) is 7.39. The topological polar surface area (TPSA) is 82.0 Å². The monoisotopic (exact) mass is 157 g/mol. The Labute approximate surface area is 60.8 Å². The van der Waals surface area contributed by atoms with Gasteiger partial charge in [0.1, 0.15) is 5.82 Å². The number of anilines is 1. The summed E-state index contributed by atoms with van der Waals surface area (Å²) < 4.78 is 12.5. The highest BCUT2D eigenvalue weighted by molar-refractivity contribution is 5.41. The molecule has 6 heteroatoms. The van der Waals surface area contributed by atoms with Gasteiger partial charge in [0.05, 0.1) is 17.2 Å². The van der Waals surface area contributed by atoms with Crippen LogP contribution in [-0.4, -0.2) is 9.91 Å². The Kier molecular flexibility index (Phi) is 1.67. The molecule has 0 amide bonds. The largest absolute Gasteiger partial charge is 0.383 e. The Balaban J connectivity index is 3.23. The van der Waals surface area contributed by atoms with Crippen LogP contribution in [0.2, 0.25) is 0 Å². The second-order valence-corrected chi connectivity index (χ2v) is 1.82. The van der Waals surface area contributed by atoms with E-state index in [1.54, 1.807) is 0 Å². The summed E-state index contributed by atoms with van der Waals surface area (Å²) in [6.07, 6.45) is 0.716. The summed E-state index contributed by atoms with van der Waals surface area (Å²) in [6, 6.07) is 0.870. The van der Waals surface area contributed by atoms with E-state index in [4.69, 9.17) is 5.73 Å². The maximum atomic E-state index is 12.5. The van der Waals surface area contributed by atoms with Gasteiger partial charge in [-0.1, -0.05) is 0 Å². The molecule has 1 aromatic rings. The molecule has 2 N–H and O–H groups in total. The predicted octanol–water partition coefficient (Wildman–Crippen LogP) is 0.711. The third-order valence-electron chi connectivity index (χ3n) is 1.05. The molecule has 0 saturated heterocycles. The number of nitrogen functional groups attached to an aromatic ring is 1. The number of hydrogen-bond donors (Lipinski definition) is 1. The van der Waals surface area contributed by atoms with E-state index in [9.17, 15) is 14.5 Å². The molecule has 0 saturated carbocycles. The first-order valence-electron chi connectivity index (χ1n) is 2.66. The summed E-state index contributed by atoms with van der Waals surface area (Å²) in [5, 5.41) is 10.1. The molecule has 0 radical (unpaired) electrons. The predicted molar refractivity (Wildman–Crippen MR) is 35.3 cm³/mol. The molecule has 0 atom stereocenters. The molecule has 0 unspecified atom stereocenters. The number of aromatic nitrogens is 1. The molecule has 0 fully saturated rings. The van der Waals surface area contributed by atoms with Crippen molar-refractivity contribution in [3.8, 4) is 0 Å². The summed E-state index contributed by atoms with van der Waals surface area (Å²) in [5.74, 6) is -1.05. The van der Waals surface area contributed by atoms with E-state index >= 15 is 0 Å². The zero-order chi connectivity index (χ0) is 8.43. The van der Waals surface area contributed by atoms with Crippen molar-refractivity contribution in [1.29, 1.82) is 0 Å². The van der Waals surface area contributed by atoms with Gasteiger partial charge in [0, 0.05) is 0 Å². The molecule has 58 valence electrons. The first-order chi connectivity index (χ1) is 5.11. The van der Waals surface area contributed by atoms with Crippen LogP contribution in [0.1, 0.15) is 0 Å². The second-order valence-electron chi connectivity index (χ2n) is 1.82. The van der Waals surface area contributed by atoms with Gasteiger partial charge in [0.2, 0.25) is 5.82 Å². The number of rotatable bonds is 1. The minimum Gasteiger partial charge on any atom is -0.383 e. The van der Waals surface area contributed by atoms with Crippen LogP contribution < -0.4 is 5.73 Å². The van der Waals surface area contributed by atoms with Crippen LogP contribution in [0.5, 0.6) is 0 Å². The molecule has 5 nitrogen and oxygen atoms in total. The average Bonchev–Trinajstić information content (AvgIpc) is 1.94. The van der Waals surface area contributed by atoms with Crippen molar-refractivity contribution >= 4 is 11.5 Å². The van der Waals surface area contributed by atoms with Crippen LogP contribution >= 0.6 is 0 Å². The zero-order valence-corrected chi connectivity index (χ0v) is 5.32. The highest BCUT2D eigenvalue weighted by atomic mass is 19.1. The normalized spacial score (nSPS) is 9.55. The Morgan fingerprint density at radius 2 is 2.36 bits per heavy atom. The first-order valence-corrected chi connectivity index (χ1v) is 2.66. The number of nitrogens with zero attached hydrogens (tertiary/aromatic N) is 2. The second kappa shape index (κ2) is 2.49. The average molecular weight is 157 g/mol. The van der Waals surface area contributed by atoms with Crippen LogP contribution in [0.15, 0.2) is 12.3 Å². The molecule has 11 heavy (non-hydrogen) atoms. The van der Waals surface area contributed by atoms with Crippen LogP contribution in [0.3, 0.4) is 0 Å². The van der Waals surface area contributed by atoms with Crippen molar-refractivity contribution in [2.75, 3.05) is 5.73 Å². The lowest BCUT2D eigenvalue weighted by molar-refractivity contribution is -0.387. The summed E-state index contributed by atoms with van der Waals surface area (Å²) in [6.45, 7) is 0. The quantitative estimate of drug-likeness (QED) is 0.480. The highest BCUT2D eigenvalue weighted by Gasteiger charge is 2.13. The molecule has 1 aromatic heterocycles. The number of hydrogen-bond acceptors (Lipinski definition) is 4. The standard InChI is InChI=1S/C5H4FN3O2/c6-3-2-8-5(7)1-4(3)9(10)11/h1-2H,(H2,7,8). The Bertz CT molecular complexity index is 302. The van der Waals surface area contributed by atoms with E-state index in [0.29, 0.717) is 6.20 Å². The molecule has 1 heterocycles. The van der Waals surface area contributed by atoms with E-state index in [1.807, 2.05) is 0 Å². The minimum absolute atomic E-state index is 0.0712. The molecule has 0 bridgehead atoms. The molecule has 0 aliphatic heterocycles. The molecular formula is C5H4FN3O2. The van der Waals surface area contributed by atoms with Crippen molar-refractivity contribution in [2.24, 2.45) is 0 Å². The Morgan fingerprint density at radius 1 is 1.73 bits per heavy atom. The molecule has 0 aliphatic carbocycles. The van der Waals surface area contributed by atoms with Gasteiger partial charge in [-0.2, -0.15) is 4.39 Å². The van der Waals surface area contributed by atoms with Gasteiger partial charge >= 0.3 is 5.69 Å². The lowest BCUT2D eigenvalue weighted by Crippen LogP contribution is -1.96. The van der Waals surface area contributed by atoms with Crippen LogP contribution in [-0.2, 0) is 0 Å². The van der Waals surface area contributed by atoms with Crippen molar-refractivity contribution in [2.45, 2.75) is 0 Å². The zero-order valence-electron chi connectivity index (χ0n) is 5.32. The minimum atomic E-state index is -0.982. The molecule has 0 aromatic carbocycles. The third-order valence-corrected chi connectivity index (χ3v) is 1.05. The fraction of sp³-hybridized carbons (Fsp3) is 0. The van der Waals surface area contributed by atoms with Gasteiger partial charge in [0.25, 0.3) is 0 Å². The van der Waals surface area contributed by atoms with Crippen molar-refractivity contribution in [3.05, 3.63) is 28.2 Å². The van der Waals surface area contributed by atoms with E-state index in [-0.39, 0.29) is 5.82 Å². The van der Waals surface area contributed by atoms with Gasteiger partial charge in [0.15, 0.2) is 0 Å². The lowest BCUT2D eigenvalue weighted by Gasteiger charge is -1.93. The van der Waals surface area contributed by atoms with Gasteiger partial charge in [-0.3, -0.25) is 10.1 Å². The third kappa shape index (κ3) is 1.40. The van der Waals surface area contributed by atoms with Gasteiger partial charge in [-0.05, 0) is 0 Å². The number of halogens is 1.